The molecule has 0 aliphatic carbocycles. The molecule has 0 radical (unpaired) electrons. The van der Waals surface area contributed by atoms with Gasteiger partial charge in [0.25, 0.3) is 5.91 Å². The Bertz CT molecular complexity index is 417. The number of nitrogens with zero attached hydrogens (tertiary/aromatic N) is 1. The number of hydrogen-bond donors (Lipinski definition) is 1. The number of rotatable bonds is 6. The zero-order valence-corrected chi connectivity index (χ0v) is 10.9. The van der Waals surface area contributed by atoms with E-state index in [1.54, 1.807) is 4.90 Å². The second-order valence-electron chi connectivity index (χ2n) is 4.17. The van der Waals surface area contributed by atoms with Gasteiger partial charge in [-0.25, -0.2) is 0 Å². The zero-order valence-electron chi connectivity index (χ0n) is 10.9. The number of carbonyl (C=O) groups excluding carboxylic acids is 1. The van der Waals surface area contributed by atoms with Crippen LogP contribution in [0.1, 0.15) is 29.3 Å². The lowest BCUT2D eigenvalue weighted by Crippen LogP contribution is -2.32. The Hall–Kier alpha value is -1.79. The molecule has 0 aromatic heterocycles. The maximum absolute atomic E-state index is 12.2. The fourth-order valence-corrected chi connectivity index (χ4v) is 1.80. The van der Waals surface area contributed by atoms with E-state index >= 15 is 0 Å². The van der Waals surface area contributed by atoms with Crippen molar-refractivity contribution in [1.29, 1.82) is 0 Å². The molecule has 0 saturated heterocycles. The highest BCUT2D eigenvalue weighted by Crippen LogP contribution is 2.08. The van der Waals surface area contributed by atoms with Crippen LogP contribution in [-0.2, 0) is 6.42 Å². The second-order valence-corrected chi connectivity index (χ2v) is 4.17. The molecular weight excluding hydrogens is 224 g/mol. The van der Waals surface area contributed by atoms with Gasteiger partial charge >= 0.3 is 0 Å². The molecule has 1 aromatic rings. The molecule has 1 rings (SSSR count). The molecule has 0 heterocycles. The summed E-state index contributed by atoms with van der Waals surface area (Å²) in [7, 11) is 0. The van der Waals surface area contributed by atoms with Crippen LogP contribution in [0.25, 0.3) is 0 Å². The number of amides is 1. The van der Waals surface area contributed by atoms with Gasteiger partial charge in [-0.1, -0.05) is 25.0 Å². The fraction of sp³-hybridized carbons (Fsp3) is 0.400. The molecule has 0 aliphatic rings. The van der Waals surface area contributed by atoms with E-state index in [0.717, 1.165) is 18.4 Å². The average Bonchev–Trinajstić information content (AvgIpc) is 2.39. The molecule has 3 heteroatoms. The van der Waals surface area contributed by atoms with Crippen molar-refractivity contribution in [2.24, 2.45) is 5.73 Å². The molecular formula is C15H20N2O. The third kappa shape index (κ3) is 3.90. The van der Waals surface area contributed by atoms with Crippen LogP contribution in [-0.4, -0.2) is 30.4 Å². The summed E-state index contributed by atoms with van der Waals surface area (Å²) in [5, 5.41) is 0. The van der Waals surface area contributed by atoms with Crippen molar-refractivity contribution in [3.8, 4) is 12.3 Å². The number of hydrogen-bond acceptors (Lipinski definition) is 2. The van der Waals surface area contributed by atoms with E-state index in [1.807, 2.05) is 31.2 Å². The minimum Gasteiger partial charge on any atom is -0.330 e. The number of nitrogens with two attached hydrogens (primary N) is 1. The average molecular weight is 244 g/mol. The summed E-state index contributed by atoms with van der Waals surface area (Å²) in [6.07, 6.45) is 7.01. The molecule has 0 fully saturated rings. The van der Waals surface area contributed by atoms with Gasteiger partial charge in [-0.2, -0.15) is 0 Å². The summed E-state index contributed by atoms with van der Waals surface area (Å²) >= 11 is 0. The molecule has 0 saturated carbocycles. The van der Waals surface area contributed by atoms with Crippen LogP contribution in [0, 0.1) is 12.3 Å². The van der Waals surface area contributed by atoms with E-state index in [0.29, 0.717) is 25.2 Å². The smallest absolute Gasteiger partial charge is 0.254 e. The van der Waals surface area contributed by atoms with Crippen molar-refractivity contribution in [2.45, 2.75) is 19.8 Å². The largest absolute Gasteiger partial charge is 0.330 e. The highest BCUT2D eigenvalue weighted by Gasteiger charge is 2.13. The molecule has 3 nitrogen and oxygen atoms in total. The Labute approximate surface area is 109 Å². The topological polar surface area (TPSA) is 46.3 Å². The van der Waals surface area contributed by atoms with Crippen LogP contribution in [0.2, 0.25) is 0 Å². The van der Waals surface area contributed by atoms with Gasteiger partial charge in [-0.3, -0.25) is 4.79 Å². The van der Waals surface area contributed by atoms with Gasteiger partial charge in [0, 0.05) is 12.1 Å². The van der Waals surface area contributed by atoms with Gasteiger partial charge in [0.1, 0.15) is 0 Å². The van der Waals surface area contributed by atoms with E-state index in [4.69, 9.17) is 12.2 Å². The van der Waals surface area contributed by atoms with Gasteiger partial charge in [0.2, 0.25) is 0 Å². The normalized spacial score (nSPS) is 9.83. The molecule has 2 N–H and O–H groups in total. The van der Waals surface area contributed by atoms with Gasteiger partial charge < -0.3 is 10.6 Å². The SMILES string of the molecule is C#CCN(CCC)C(=O)c1ccc(CCN)cc1. The van der Waals surface area contributed by atoms with Crippen molar-refractivity contribution in [3.63, 3.8) is 0 Å². The first kappa shape index (κ1) is 14.3. The minimum atomic E-state index is -0.00546. The van der Waals surface area contributed by atoms with E-state index < -0.39 is 0 Å². The molecule has 0 unspecified atom stereocenters. The lowest BCUT2D eigenvalue weighted by atomic mass is 10.1. The maximum atomic E-state index is 12.2. The Morgan fingerprint density at radius 1 is 1.39 bits per heavy atom. The van der Waals surface area contributed by atoms with E-state index in [-0.39, 0.29) is 5.91 Å². The molecule has 1 aromatic carbocycles. The van der Waals surface area contributed by atoms with Crippen LogP contribution in [0.4, 0.5) is 0 Å². The van der Waals surface area contributed by atoms with Crippen molar-refractivity contribution >= 4 is 5.91 Å². The van der Waals surface area contributed by atoms with E-state index in [9.17, 15) is 4.79 Å². The standard InChI is InChI=1S/C15H20N2O/c1-3-11-17(12-4-2)15(18)14-7-5-13(6-8-14)9-10-16/h1,5-8H,4,9-12,16H2,2H3. The van der Waals surface area contributed by atoms with E-state index in [2.05, 4.69) is 5.92 Å². The lowest BCUT2D eigenvalue weighted by Gasteiger charge is -2.19. The zero-order chi connectivity index (χ0) is 13.4. The lowest BCUT2D eigenvalue weighted by molar-refractivity contribution is 0.0777. The summed E-state index contributed by atoms with van der Waals surface area (Å²) in [5.74, 6) is 2.52. The Balaban J connectivity index is 2.78. The Kier molecular flexibility index (Phi) is 5.96. The molecule has 0 bridgehead atoms. The van der Waals surface area contributed by atoms with Crippen LogP contribution in [0.5, 0.6) is 0 Å². The number of terminal acetylenes is 1. The quantitative estimate of drug-likeness (QED) is 0.774. The first-order valence-corrected chi connectivity index (χ1v) is 6.24. The first-order valence-electron chi connectivity index (χ1n) is 6.24. The van der Waals surface area contributed by atoms with Gasteiger partial charge in [-0.15, -0.1) is 6.42 Å². The molecule has 0 spiro atoms. The summed E-state index contributed by atoms with van der Waals surface area (Å²) in [6.45, 7) is 3.69. The maximum Gasteiger partial charge on any atom is 0.254 e. The van der Waals surface area contributed by atoms with Crippen molar-refractivity contribution in [2.75, 3.05) is 19.6 Å². The summed E-state index contributed by atoms with van der Waals surface area (Å²) in [5.41, 5.74) is 7.31. The van der Waals surface area contributed by atoms with Crippen LogP contribution in [0.3, 0.4) is 0 Å². The van der Waals surface area contributed by atoms with Crippen LogP contribution in [0.15, 0.2) is 24.3 Å². The summed E-state index contributed by atoms with van der Waals surface area (Å²) in [4.78, 5) is 13.9. The van der Waals surface area contributed by atoms with Gasteiger partial charge in [0.05, 0.1) is 6.54 Å². The summed E-state index contributed by atoms with van der Waals surface area (Å²) in [6, 6.07) is 7.57. The van der Waals surface area contributed by atoms with Crippen LogP contribution >= 0.6 is 0 Å². The van der Waals surface area contributed by atoms with Crippen molar-refractivity contribution in [1.82, 2.24) is 4.90 Å². The Morgan fingerprint density at radius 2 is 2.06 bits per heavy atom. The van der Waals surface area contributed by atoms with Gasteiger partial charge in [0.15, 0.2) is 0 Å². The van der Waals surface area contributed by atoms with Crippen molar-refractivity contribution < 1.29 is 4.79 Å². The first-order chi connectivity index (χ1) is 8.72. The van der Waals surface area contributed by atoms with Crippen molar-refractivity contribution in [3.05, 3.63) is 35.4 Å². The van der Waals surface area contributed by atoms with Gasteiger partial charge in [-0.05, 0) is 37.1 Å². The molecule has 96 valence electrons. The highest BCUT2D eigenvalue weighted by atomic mass is 16.2. The predicted octanol–water partition coefficient (Wildman–Crippen LogP) is 1.67. The third-order valence-corrected chi connectivity index (χ3v) is 2.70. The summed E-state index contributed by atoms with van der Waals surface area (Å²) < 4.78 is 0. The fourth-order valence-electron chi connectivity index (χ4n) is 1.80. The van der Waals surface area contributed by atoms with E-state index in [1.165, 1.54) is 0 Å². The number of carbonyl (C=O) groups is 1. The monoisotopic (exact) mass is 244 g/mol. The number of benzene rings is 1. The highest BCUT2D eigenvalue weighted by molar-refractivity contribution is 5.94. The molecule has 1 amide bonds. The molecule has 0 atom stereocenters. The predicted molar refractivity (Wildman–Crippen MR) is 74.2 cm³/mol. The van der Waals surface area contributed by atoms with Crippen LogP contribution < -0.4 is 5.73 Å². The Morgan fingerprint density at radius 3 is 2.56 bits per heavy atom. The minimum absolute atomic E-state index is 0.00546. The molecule has 18 heavy (non-hydrogen) atoms. The second kappa shape index (κ2) is 7.52. The molecule has 0 aliphatic heterocycles. The third-order valence-electron chi connectivity index (χ3n) is 2.70.